The van der Waals surface area contributed by atoms with Crippen LogP contribution in [-0.2, 0) is 0 Å². The molecular formula is C53H32N4O2. The zero-order valence-corrected chi connectivity index (χ0v) is 31.6. The van der Waals surface area contributed by atoms with Crippen LogP contribution in [0.2, 0.25) is 0 Å². The Bertz CT molecular complexity index is 3680. The molecule has 0 N–H and O–H groups in total. The van der Waals surface area contributed by atoms with E-state index < -0.39 is 0 Å². The largest absolute Gasteiger partial charge is 0.456 e. The molecule has 0 atom stereocenters. The van der Waals surface area contributed by atoms with Crippen LogP contribution in [0.3, 0.4) is 0 Å². The molecule has 4 heterocycles. The van der Waals surface area contributed by atoms with Gasteiger partial charge in [-0.2, -0.15) is 0 Å². The zero-order valence-electron chi connectivity index (χ0n) is 31.6. The Labute approximate surface area is 337 Å². The van der Waals surface area contributed by atoms with E-state index in [0.29, 0.717) is 11.2 Å². The van der Waals surface area contributed by atoms with Crippen molar-refractivity contribution in [3.63, 3.8) is 0 Å². The first-order valence-electron chi connectivity index (χ1n) is 19.7. The van der Waals surface area contributed by atoms with Crippen LogP contribution in [0.4, 0.5) is 0 Å². The minimum Gasteiger partial charge on any atom is -0.456 e. The second kappa shape index (κ2) is 13.0. The van der Waals surface area contributed by atoms with Gasteiger partial charge in [-0.1, -0.05) is 140 Å². The number of hydrogen-bond acceptors (Lipinski definition) is 4. The molecule has 0 unspecified atom stereocenters. The Hall–Kier alpha value is -8.09. The average molecular weight is 757 g/mol. The highest BCUT2D eigenvalue weighted by atomic mass is 16.3. The maximum atomic E-state index is 15.3. The lowest BCUT2D eigenvalue weighted by atomic mass is 9.94. The molecule has 0 bridgehead atoms. The Morgan fingerprint density at radius 3 is 1.85 bits per heavy atom. The smallest absolute Gasteiger partial charge is 0.265 e. The summed E-state index contributed by atoms with van der Waals surface area (Å²) in [6.07, 6.45) is 0. The summed E-state index contributed by atoms with van der Waals surface area (Å²) in [6.45, 7) is 0. The summed E-state index contributed by atoms with van der Waals surface area (Å²) in [4.78, 5) is 25.7. The normalized spacial score (nSPS) is 11.8. The lowest BCUT2D eigenvalue weighted by molar-refractivity contribution is 0.669. The molecule has 0 aliphatic heterocycles. The predicted octanol–water partition coefficient (Wildman–Crippen LogP) is 12.9. The van der Waals surface area contributed by atoms with Gasteiger partial charge in [-0.25, -0.2) is 9.97 Å². The summed E-state index contributed by atoms with van der Waals surface area (Å²) < 4.78 is 10.6. The first-order valence-corrected chi connectivity index (χ1v) is 19.7. The Morgan fingerprint density at radius 2 is 1.05 bits per heavy atom. The number of aromatic nitrogens is 4. The predicted molar refractivity (Wildman–Crippen MR) is 241 cm³/mol. The lowest BCUT2D eigenvalue weighted by Gasteiger charge is -2.18. The average Bonchev–Trinajstić information content (AvgIpc) is 3.86. The highest BCUT2D eigenvalue weighted by molar-refractivity contribution is 6.24. The van der Waals surface area contributed by atoms with E-state index in [1.165, 1.54) is 0 Å². The van der Waals surface area contributed by atoms with E-state index in [4.69, 9.17) is 14.4 Å². The molecule has 6 nitrogen and oxygen atoms in total. The molecular weight excluding hydrogens is 725 g/mol. The minimum absolute atomic E-state index is 0.0839. The van der Waals surface area contributed by atoms with Gasteiger partial charge in [-0.3, -0.25) is 9.36 Å². The van der Waals surface area contributed by atoms with Crippen LogP contribution in [0.5, 0.6) is 0 Å². The summed E-state index contributed by atoms with van der Waals surface area (Å²) >= 11 is 0. The fourth-order valence-corrected chi connectivity index (χ4v) is 9.00. The van der Waals surface area contributed by atoms with Gasteiger partial charge < -0.3 is 8.98 Å². The van der Waals surface area contributed by atoms with Gasteiger partial charge in [0.1, 0.15) is 11.2 Å². The summed E-state index contributed by atoms with van der Waals surface area (Å²) in [6, 6.07) is 65.7. The third-order valence-corrected chi connectivity index (χ3v) is 11.5. The summed E-state index contributed by atoms with van der Waals surface area (Å²) in [5, 5.41) is 5.47. The van der Waals surface area contributed by atoms with Crippen molar-refractivity contribution in [1.29, 1.82) is 0 Å². The molecule has 0 spiro atoms. The molecule has 0 amide bonds. The van der Waals surface area contributed by atoms with Crippen molar-refractivity contribution >= 4 is 65.6 Å². The van der Waals surface area contributed by atoms with Crippen LogP contribution in [0, 0.1) is 0 Å². The van der Waals surface area contributed by atoms with Gasteiger partial charge in [0.05, 0.1) is 33.1 Å². The van der Waals surface area contributed by atoms with Crippen LogP contribution in [0.25, 0.3) is 111 Å². The van der Waals surface area contributed by atoms with E-state index in [9.17, 15) is 0 Å². The molecule has 0 aliphatic carbocycles. The lowest BCUT2D eigenvalue weighted by Crippen LogP contribution is -2.19. The van der Waals surface area contributed by atoms with Crippen molar-refractivity contribution in [3.8, 4) is 45.1 Å². The van der Waals surface area contributed by atoms with Gasteiger partial charge in [0.25, 0.3) is 5.56 Å². The first kappa shape index (κ1) is 33.1. The summed E-state index contributed by atoms with van der Waals surface area (Å²) in [7, 11) is 0. The van der Waals surface area contributed by atoms with Gasteiger partial charge in [0, 0.05) is 49.4 Å². The van der Waals surface area contributed by atoms with Gasteiger partial charge in [-0.15, -0.1) is 0 Å². The molecule has 4 aromatic heterocycles. The topological polar surface area (TPSA) is 65.8 Å². The number of rotatable bonds is 5. The van der Waals surface area contributed by atoms with Crippen molar-refractivity contribution in [2.75, 3.05) is 0 Å². The first-order chi connectivity index (χ1) is 29.2. The van der Waals surface area contributed by atoms with Crippen molar-refractivity contribution in [3.05, 3.63) is 204 Å². The monoisotopic (exact) mass is 756 g/mol. The second-order valence-electron chi connectivity index (χ2n) is 14.9. The fraction of sp³-hybridized carbons (Fsp3) is 0. The van der Waals surface area contributed by atoms with E-state index in [0.717, 1.165) is 99.5 Å². The third kappa shape index (κ3) is 5.03. The van der Waals surface area contributed by atoms with Crippen LogP contribution >= 0.6 is 0 Å². The number of para-hydroxylation sites is 3. The molecule has 0 radical (unpaired) electrons. The maximum absolute atomic E-state index is 15.3. The molecule has 12 aromatic rings. The van der Waals surface area contributed by atoms with Crippen LogP contribution < -0.4 is 5.56 Å². The SMILES string of the molecule is O=c1c2c3ccccc3n(-c3ccc4nc(-c5ccccc5)nc(-c5ccccc5)c4c3)c2c2c(-c3cccc4oc5ccccc5c34)cccc2n1-c1ccccc1. The Balaban J connectivity index is 1.25. The van der Waals surface area contributed by atoms with Gasteiger partial charge >= 0.3 is 0 Å². The van der Waals surface area contributed by atoms with Crippen molar-refractivity contribution in [2.24, 2.45) is 0 Å². The number of furan rings is 1. The van der Waals surface area contributed by atoms with Gasteiger partial charge in [0.15, 0.2) is 5.82 Å². The van der Waals surface area contributed by atoms with E-state index in [-0.39, 0.29) is 5.56 Å². The van der Waals surface area contributed by atoms with Gasteiger partial charge in [0.2, 0.25) is 0 Å². The standard InChI is InChI=1S/C53H32N4O2/c58-53-49-39-22-10-12-26-43(39)56(36-30-31-42-41(32-36)50(33-16-4-1-5-17-33)55-52(54-42)34-18-6-2-7-19-34)51(49)48-38(24-14-27-44(48)57(53)35-20-8-3-9-21-35)37-25-15-29-46-47(37)40-23-11-13-28-45(40)59-46/h1-32H. The van der Waals surface area contributed by atoms with E-state index >= 15 is 4.79 Å². The minimum atomic E-state index is -0.0839. The molecule has 0 fully saturated rings. The summed E-state index contributed by atoms with van der Waals surface area (Å²) in [5.41, 5.74) is 11.5. The molecule has 0 aliphatic rings. The highest BCUT2D eigenvalue weighted by Crippen LogP contribution is 2.44. The zero-order chi connectivity index (χ0) is 39.0. The van der Waals surface area contributed by atoms with Crippen LogP contribution in [0.1, 0.15) is 0 Å². The highest BCUT2D eigenvalue weighted by Gasteiger charge is 2.25. The molecule has 276 valence electrons. The molecule has 0 saturated carbocycles. The summed E-state index contributed by atoms with van der Waals surface area (Å²) in [5.74, 6) is 0.666. The Kier molecular flexibility index (Phi) is 7.28. The van der Waals surface area contributed by atoms with Gasteiger partial charge in [-0.05, 0) is 65.7 Å². The number of hydrogen-bond donors (Lipinski definition) is 0. The fourth-order valence-electron chi connectivity index (χ4n) is 9.00. The molecule has 8 aromatic carbocycles. The quantitative estimate of drug-likeness (QED) is 0.175. The van der Waals surface area contributed by atoms with E-state index in [2.05, 4.69) is 89.5 Å². The molecule has 6 heteroatoms. The third-order valence-electron chi connectivity index (χ3n) is 11.5. The van der Waals surface area contributed by atoms with E-state index in [1.54, 1.807) is 0 Å². The Morgan fingerprint density at radius 1 is 0.424 bits per heavy atom. The number of pyridine rings is 1. The molecule has 0 saturated heterocycles. The second-order valence-corrected chi connectivity index (χ2v) is 14.9. The van der Waals surface area contributed by atoms with Crippen molar-refractivity contribution in [2.45, 2.75) is 0 Å². The van der Waals surface area contributed by atoms with Crippen LogP contribution in [0.15, 0.2) is 203 Å². The maximum Gasteiger partial charge on any atom is 0.265 e. The molecule has 59 heavy (non-hydrogen) atoms. The number of nitrogens with zero attached hydrogens (tertiary/aromatic N) is 4. The number of fused-ring (bicyclic) bond motifs is 9. The van der Waals surface area contributed by atoms with E-state index in [1.807, 2.05) is 114 Å². The number of benzene rings is 8. The van der Waals surface area contributed by atoms with Crippen molar-refractivity contribution < 1.29 is 4.42 Å². The van der Waals surface area contributed by atoms with Crippen LogP contribution in [-0.4, -0.2) is 19.1 Å². The van der Waals surface area contributed by atoms with Crippen molar-refractivity contribution in [1.82, 2.24) is 19.1 Å². The molecule has 12 rings (SSSR count).